The van der Waals surface area contributed by atoms with E-state index in [0.717, 1.165) is 13.0 Å². The molecular formula is C15H16FN5O. The zero-order chi connectivity index (χ0) is 15.6. The Morgan fingerprint density at radius 1 is 1.50 bits per heavy atom. The second-order valence-electron chi connectivity index (χ2n) is 5.61. The zero-order valence-corrected chi connectivity index (χ0v) is 12.0. The lowest BCUT2D eigenvalue weighted by molar-refractivity contribution is -0.0414. The average Bonchev–Trinajstić information content (AvgIpc) is 3.03. The van der Waals surface area contributed by atoms with Crippen molar-refractivity contribution in [1.29, 1.82) is 5.26 Å². The number of rotatable bonds is 3. The van der Waals surface area contributed by atoms with Crippen molar-refractivity contribution in [2.24, 2.45) is 0 Å². The highest BCUT2D eigenvalue weighted by molar-refractivity contribution is 5.37. The SMILES string of the molecule is N#Cc1ccc(F)cc1CN1CCC[C@](O)(c2cn[nH]n2)C1. The van der Waals surface area contributed by atoms with Gasteiger partial charge in [-0.15, -0.1) is 0 Å². The first-order valence-corrected chi connectivity index (χ1v) is 7.10. The number of aromatic amines is 1. The van der Waals surface area contributed by atoms with Gasteiger partial charge in [0.25, 0.3) is 0 Å². The van der Waals surface area contributed by atoms with Gasteiger partial charge in [-0.3, -0.25) is 4.90 Å². The molecule has 22 heavy (non-hydrogen) atoms. The fraction of sp³-hybridized carbons (Fsp3) is 0.400. The number of nitrogens with zero attached hydrogens (tertiary/aromatic N) is 4. The monoisotopic (exact) mass is 301 g/mol. The van der Waals surface area contributed by atoms with Crippen LogP contribution in [0.2, 0.25) is 0 Å². The lowest BCUT2D eigenvalue weighted by atomic mass is 9.89. The lowest BCUT2D eigenvalue weighted by Crippen LogP contribution is -2.46. The van der Waals surface area contributed by atoms with Crippen LogP contribution in [0.3, 0.4) is 0 Å². The molecule has 0 amide bonds. The number of nitrogens with one attached hydrogen (secondary N) is 1. The second-order valence-corrected chi connectivity index (χ2v) is 5.61. The number of aliphatic hydroxyl groups is 1. The van der Waals surface area contributed by atoms with Crippen molar-refractivity contribution >= 4 is 0 Å². The maximum atomic E-state index is 13.4. The second kappa shape index (κ2) is 5.83. The van der Waals surface area contributed by atoms with Gasteiger partial charge in [-0.05, 0) is 43.1 Å². The Hall–Kier alpha value is -2.30. The van der Waals surface area contributed by atoms with Crippen molar-refractivity contribution < 1.29 is 9.50 Å². The predicted molar refractivity (Wildman–Crippen MR) is 75.9 cm³/mol. The molecule has 114 valence electrons. The van der Waals surface area contributed by atoms with Crippen LogP contribution in [0.4, 0.5) is 4.39 Å². The summed E-state index contributed by atoms with van der Waals surface area (Å²) in [6.07, 6.45) is 2.91. The summed E-state index contributed by atoms with van der Waals surface area (Å²) < 4.78 is 13.4. The summed E-state index contributed by atoms with van der Waals surface area (Å²) in [4.78, 5) is 2.01. The third-order valence-electron chi connectivity index (χ3n) is 4.02. The lowest BCUT2D eigenvalue weighted by Gasteiger charge is -2.38. The molecule has 1 fully saturated rings. The minimum atomic E-state index is -1.06. The molecule has 2 heterocycles. The van der Waals surface area contributed by atoms with Crippen LogP contribution in [0, 0.1) is 17.1 Å². The molecule has 0 saturated carbocycles. The molecule has 6 nitrogen and oxygen atoms in total. The number of benzene rings is 1. The molecule has 0 aliphatic carbocycles. The highest BCUT2D eigenvalue weighted by atomic mass is 19.1. The van der Waals surface area contributed by atoms with Gasteiger partial charge in [0.2, 0.25) is 0 Å². The number of halogens is 1. The number of nitriles is 1. The van der Waals surface area contributed by atoms with E-state index in [1.807, 2.05) is 4.90 Å². The van der Waals surface area contributed by atoms with Gasteiger partial charge in [-0.1, -0.05) is 0 Å². The van der Waals surface area contributed by atoms with Gasteiger partial charge in [0.05, 0.1) is 17.8 Å². The van der Waals surface area contributed by atoms with Crippen LogP contribution in [-0.2, 0) is 12.1 Å². The van der Waals surface area contributed by atoms with Gasteiger partial charge < -0.3 is 5.11 Å². The van der Waals surface area contributed by atoms with Crippen LogP contribution in [0.25, 0.3) is 0 Å². The number of H-pyrrole nitrogens is 1. The van der Waals surface area contributed by atoms with E-state index >= 15 is 0 Å². The number of hydrogen-bond donors (Lipinski definition) is 2. The molecule has 0 radical (unpaired) electrons. The maximum absolute atomic E-state index is 13.4. The average molecular weight is 301 g/mol. The van der Waals surface area contributed by atoms with Crippen LogP contribution in [0.1, 0.15) is 29.7 Å². The minimum Gasteiger partial charge on any atom is -0.382 e. The van der Waals surface area contributed by atoms with Gasteiger partial charge in [-0.25, -0.2) is 4.39 Å². The first-order chi connectivity index (χ1) is 10.6. The summed E-state index contributed by atoms with van der Waals surface area (Å²) >= 11 is 0. The normalized spacial score (nSPS) is 22.4. The molecule has 1 aliphatic heterocycles. The van der Waals surface area contributed by atoms with Crippen LogP contribution >= 0.6 is 0 Å². The molecular weight excluding hydrogens is 285 g/mol. The number of likely N-dealkylation sites (tertiary alicyclic amines) is 1. The van der Waals surface area contributed by atoms with Gasteiger partial charge in [0.15, 0.2) is 0 Å². The summed E-state index contributed by atoms with van der Waals surface area (Å²) in [6, 6.07) is 6.22. The van der Waals surface area contributed by atoms with Crippen molar-refractivity contribution in [3.05, 3.63) is 47.0 Å². The van der Waals surface area contributed by atoms with Crippen LogP contribution in [0.5, 0.6) is 0 Å². The third kappa shape index (κ3) is 2.84. The summed E-state index contributed by atoms with van der Waals surface area (Å²) in [5.41, 5.74) is 0.534. The van der Waals surface area contributed by atoms with Crippen LogP contribution < -0.4 is 0 Å². The van der Waals surface area contributed by atoms with E-state index in [1.54, 1.807) is 0 Å². The molecule has 1 aliphatic rings. The van der Waals surface area contributed by atoms with E-state index in [2.05, 4.69) is 21.5 Å². The standard InChI is InChI=1S/C15H16FN5O/c16-13-3-2-11(7-17)12(6-13)9-21-5-1-4-15(22,10-21)14-8-18-20-19-14/h2-3,6,8,22H,1,4-5,9-10H2,(H,18,19,20)/t15-/m1/s1. The van der Waals surface area contributed by atoms with E-state index in [-0.39, 0.29) is 5.82 Å². The summed E-state index contributed by atoms with van der Waals surface area (Å²) in [5, 5.41) is 30.1. The molecule has 1 aromatic carbocycles. The van der Waals surface area contributed by atoms with E-state index in [0.29, 0.717) is 36.3 Å². The molecule has 1 atom stereocenters. The summed E-state index contributed by atoms with van der Waals surface area (Å²) in [7, 11) is 0. The fourth-order valence-corrected chi connectivity index (χ4v) is 2.94. The van der Waals surface area contributed by atoms with Gasteiger partial charge in [0, 0.05) is 13.1 Å². The van der Waals surface area contributed by atoms with Gasteiger partial charge >= 0.3 is 0 Å². The third-order valence-corrected chi connectivity index (χ3v) is 4.02. The summed E-state index contributed by atoms with van der Waals surface area (Å²) in [6.45, 7) is 1.57. The maximum Gasteiger partial charge on any atom is 0.123 e. The molecule has 0 unspecified atom stereocenters. The topological polar surface area (TPSA) is 88.8 Å². The van der Waals surface area contributed by atoms with E-state index in [4.69, 9.17) is 5.26 Å². The zero-order valence-electron chi connectivity index (χ0n) is 12.0. The Bertz CT molecular complexity index is 696. The first-order valence-electron chi connectivity index (χ1n) is 7.10. The number of β-amino-alcohol motifs (C(OH)–C–C–N with tert-alkyl or cyclic N) is 1. The van der Waals surface area contributed by atoms with Crippen molar-refractivity contribution in [3.63, 3.8) is 0 Å². The Morgan fingerprint density at radius 2 is 2.36 bits per heavy atom. The van der Waals surface area contributed by atoms with E-state index < -0.39 is 5.60 Å². The number of piperidine rings is 1. The van der Waals surface area contributed by atoms with Crippen LogP contribution in [-0.4, -0.2) is 38.5 Å². The van der Waals surface area contributed by atoms with Crippen molar-refractivity contribution in [2.45, 2.75) is 25.0 Å². The Labute approximate surface area is 127 Å². The molecule has 1 aromatic heterocycles. The van der Waals surface area contributed by atoms with Gasteiger partial charge in [-0.2, -0.15) is 20.7 Å². The number of hydrogen-bond acceptors (Lipinski definition) is 5. The van der Waals surface area contributed by atoms with Gasteiger partial charge in [0.1, 0.15) is 17.1 Å². The molecule has 0 spiro atoms. The quantitative estimate of drug-likeness (QED) is 0.892. The summed E-state index contributed by atoms with van der Waals surface area (Å²) in [5.74, 6) is -0.363. The number of aromatic nitrogens is 3. The fourth-order valence-electron chi connectivity index (χ4n) is 2.94. The highest BCUT2D eigenvalue weighted by Crippen LogP contribution is 2.30. The van der Waals surface area contributed by atoms with Crippen molar-refractivity contribution in [1.82, 2.24) is 20.3 Å². The first kappa shape index (κ1) is 14.6. The minimum absolute atomic E-state index is 0.363. The molecule has 7 heteroatoms. The van der Waals surface area contributed by atoms with E-state index in [1.165, 1.54) is 24.4 Å². The molecule has 2 N–H and O–H groups in total. The largest absolute Gasteiger partial charge is 0.382 e. The highest BCUT2D eigenvalue weighted by Gasteiger charge is 2.37. The Kier molecular flexibility index (Phi) is 3.88. The molecule has 1 saturated heterocycles. The Morgan fingerprint density at radius 3 is 3.09 bits per heavy atom. The van der Waals surface area contributed by atoms with E-state index in [9.17, 15) is 9.50 Å². The van der Waals surface area contributed by atoms with Crippen molar-refractivity contribution in [3.8, 4) is 6.07 Å². The van der Waals surface area contributed by atoms with Crippen LogP contribution in [0.15, 0.2) is 24.4 Å². The predicted octanol–water partition coefficient (Wildman–Crippen LogP) is 1.30. The van der Waals surface area contributed by atoms with Crippen molar-refractivity contribution in [2.75, 3.05) is 13.1 Å². The Balaban J connectivity index is 1.79. The molecule has 3 rings (SSSR count). The molecule has 2 aromatic rings. The molecule has 0 bridgehead atoms. The smallest absolute Gasteiger partial charge is 0.123 e.